The first-order valence-electron chi connectivity index (χ1n) is 7.58. The molecule has 4 aliphatic rings. The van der Waals surface area contributed by atoms with Crippen molar-refractivity contribution in [2.24, 2.45) is 23.2 Å². The van der Waals surface area contributed by atoms with Crippen LogP contribution in [0.3, 0.4) is 0 Å². The zero-order valence-electron chi connectivity index (χ0n) is 11.9. The Labute approximate surface area is 114 Å². The number of fused-ring (bicyclic) bond motifs is 2. The van der Waals surface area contributed by atoms with Crippen LogP contribution in [0.5, 0.6) is 0 Å². The first kappa shape index (κ1) is 12.6. The van der Waals surface area contributed by atoms with Gasteiger partial charge in [0.05, 0.1) is 12.7 Å². The van der Waals surface area contributed by atoms with Gasteiger partial charge in [-0.3, -0.25) is 0 Å². The van der Waals surface area contributed by atoms with Crippen LogP contribution in [0.4, 0.5) is 0 Å². The fraction of sp³-hybridized carbons (Fsp3) is 1.00. The molecule has 4 heteroatoms. The molecule has 0 aromatic carbocycles. The lowest BCUT2D eigenvalue weighted by Gasteiger charge is -2.53. The number of aliphatic hydroxyl groups excluding tert-OH is 1. The Balaban J connectivity index is 1.80. The van der Waals surface area contributed by atoms with Crippen LogP contribution in [0.1, 0.15) is 40.0 Å². The summed E-state index contributed by atoms with van der Waals surface area (Å²) in [7, 11) is 0. The fourth-order valence-corrected chi connectivity index (χ4v) is 5.28. The number of aliphatic hydroxyl groups is 2. The molecule has 0 bridgehead atoms. The molecule has 4 nitrogen and oxygen atoms in total. The highest BCUT2D eigenvalue weighted by Crippen LogP contribution is 2.71. The van der Waals surface area contributed by atoms with Crippen LogP contribution in [0.2, 0.25) is 0 Å². The molecule has 0 radical (unpaired) electrons. The molecule has 4 rings (SSSR count). The highest BCUT2D eigenvalue weighted by molar-refractivity contribution is 5.28. The maximum atomic E-state index is 10.9. The molecule has 108 valence electrons. The summed E-state index contributed by atoms with van der Waals surface area (Å²) >= 11 is 0. The molecule has 19 heavy (non-hydrogen) atoms. The Hall–Kier alpha value is -0.160. The van der Waals surface area contributed by atoms with Crippen LogP contribution in [0, 0.1) is 23.2 Å². The van der Waals surface area contributed by atoms with Crippen molar-refractivity contribution in [2.75, 3.05) is 6.61 Å². The van der Waals surface area contributed by atoms with E-state index in [2.05, 4.69) is 20.8 Å². The van der Waals surface area contributed by atoms with E-state index in [-0.39, 0.29) is 17.4 Å². The van der Waals surface area contributed by atoms with Crippen molar-refractivity contribution in [1.82, 2.24) is 0 Å². The zero-order valence-corrected chi connectivity index (χ0v) is 11.9. The monoisotopic (exact) mass is 268 g/mol. The van der Waals surface area contributed by atoms with Crippen LogP contribution in [0.25, 0.3) is 0 Å². The lowest BCUT2D eigenvalue weighted by Crippen LogP contribution is -2.63. The van der Waals surface area contributed by atoms with Gasteiger partial charge in [-0.15, -0.1) is 0 Å². The van der Waals surface area contributed by atoms with Crippen molar-refractivity contribution in [3.05, 3.63) is 0 Å². The Bertz CT molecular complexity index is 426. The highest BCUT2D eigenvalue weighted by Gasteiger charge is 2.84. The summed E-state index contributed by atoms with van der Waals surface area (Å²) in [4.78, 5) is 0. The van der Waals surface area contributed by atoms with Gasteiger partial charge in [-0.25, -0.2) is 0 Å². The van der Waals surface area contributed by atoms with Gasteiger partial charge in [0, 0.05) is 11.3 Å². The van der Waals surface area contributed by atoms with E-state index in [4.69, 9.17) is 9.47 Å². The topological polar surface area (TPSA) is 62.2 Å². The summed E-state index contributed by atoms with van der Waals surface area (Å²) in [6.45, 7) is 7.24. The largest absolute Gasteiger partial charge is 0.390 e. The van der Waals surface area contributed by atoms with Gasteiger partial charge in [0.1, 0.15) is 11.7 Å². The van der Waals surface area contributed by atoms with E-state index in [1.54, 1.807) is 0 Å². The third-order valence-corrected chi connectivity index (χ3v) is 6.81. The van der Waals surface area contributed by atoms with Gasteiger partial charge in [0.2, 0.25) is 0 Å². The third-order valence-electron chi connectivity index (χ3n) is 6.81. The van der Waals surface area contributed by atoms with Crippen molar-refractivity contribution in [1.29, 1.82) is 0 Å². The number of rotatable bonds is 0. The van der Waals surface area contributed by atoms with Gasteiger partial charge < -0.3 is 19.7 Å². The maximum absolute atomic E-state index is 10.9. The van der Waals surface area contributed by atoms with Crippen molar-refractivity contribution in [2.45, 2.75) is 63.6 Å². The average molecular weight is 268 g/mol. The Morgan fingerprint density at radius 3 is 2.68 bits per heavy atom. The van der Waals surface area contributed by atoms with E-state index in [0.717, 1.165) is 19.3 Å². The second kappa shape index (κ2) is 3.35. The number of hydrogen-bond donors (Lipinski definition) is 2. The van der Waals surface area contributed by atoms with E-state index >= 15 is 0 Å². The van der Waals surface area contributed by atoms with Crippen molar-refractivity contribution in [3.8, 4) is 0 Å². The molecular formula is C15H24O4. The molecule has 2 saturated heterocycles. The average Bonchev–Trinajstić information content (AvgIpc) is 3.08. The Morgan fingerprint density at radius 2 is 1.95 bits per heavy atom. The van der Waals surface area contributed by atoms with Gasteiger partial charge in [0.25, 0.3) is 0 Å². The molecular weight excluding hydrogens is 244 g/mol. The molecule has 8 atom stereocenters. The molecule has 2 saturated carbocycles. The second-order valence-electron chi connectivity index (χ2n) is 7.55. The van der Waals surface area contributed by atoms with Crippen LogP contribution in [-0.2, 0) is 9.47 Å². The minimum absolute atomic E-state index is 0.0474. The molecule has 0 amide bonds. The van der Waals surface area contributed by atoms with Crippen molar-refractivity contribution < 1.29 is 19.7 Å². The highest BCUT2D eigenvalue weighted by atomic mass is 16.7. The van der Waals surface area contributed by atoms with Gasteiger partial charge in [-0.05, 0) is 31.1 Å². The van der Waals surface area contributed by atoms with Gasteiger partial charge in [-0.2, -0.15) is 0 Å². The predicted octanol–water partition coefficient (Wildman–Crippen LogP) is 1.30. The maximum Gasteiger partial charge on any atom is 0.198 e. The SMILES string of the molecule is C[C@@H]1CO[C@@]2(O)C1C[C@]1(C)[C@@H](C)CC[C@@H](O)C13OC32. The summed E-state index contributed by atoms with van der Waals surface area (Å²) in [6, 6.07) is 0. The standard InChI is InChI=1S/C15H24O4/c1-8-7-18-15(17)10(8)6-13(3)9(2)4-5-11(16)14(13)12(15)19-14/h8-12,16-17H,4-7H2,1-3H3/t8-,9+,10?,11-,12?,13-,14?,15+/m1/s1. The van der Waals surface area contributed by atoms with Crippen LogP contribution >= 0.6 is 0 Å². The number of hydrogen-bond acceptors (Lipinski definition) is 4. The molecule has 1 spiro atoms. The van der Waals surface area contributed by atoms with Crippen molar-refractivity contribution >= 4 is 0 Å². The number of ether oxygens (including phenoxy) is 2. The van der Waals surface area contributed by atoms with Crippen LogP contribution in [0.15, 0.2) is 0 Å². The van der Waals surface area contributed by atoms with Crippen LogP contribution < -0.4 is 0 Å². The quantitative estimate of drug-likeness (QED) is 0.650. The molecule has 2 aliphatic carbocycles. The van der Waals surface area contributed by atoms with E-state index in [1.165, 1.54) is 0 Å². The Kier molecular flexibility index (Phi) is 2.22. The lowest BCUT2D eigenvalue weighted by molar-refractivity contribution is -0.232. The Morgan fingerprint density at radius 1 is 1.21 bits per heavy atom. The molecule has 2 N–H and O–H groups in total. The van der Waals surface area contributed by atoms with E-state index in [0.29, 0.717) is 18.4 Å². The first-order valence-corrected chi connectivity index (χ1v) is 7.58. The summed E-state index contributed by atoms with van der Waals surface area (Å²) in [5, 5.41) is 21.4. The predicted molar refractivity (Wildman–Crippen MR) is 68.3 cm³/mol. The van der Waals surface area contributed by atoms with Crippen molar-refractivity contribution in [3.63, 3.8) is 0 Å². The summed E-state index contributed by atoms with van der Waals surface area (Å²) in [5.41, 5.74) is -0.617. The fourth-order valence-electron chi connectivity index (χ4n) is 5.28. The summed E-state index contributed by atoms with van der Waals surface area (Å²) in [6.07, 6.45) is 1.88. The number of epoxide rings is 1. The molecule has 2 aliphatic heterocycles. The lowest BCUT2D eigenvalue weighted by atomic mass is 9.50. The van der Waals surface area contributed by atoms with E-state index in [9.17, 15) is 10.2 Å². The van der Waals surface area contributed by atoms with E-state index in [1.807, 2.05) is 0 Å². The summed E-state index contributed by atoms with van der Waals surface area (Å²) in [5.74, 6) is -0.170. The molecule has 4 fully saturated rings. The molecule has 0 aromatic rings. The molecule has 2 heterocycles. The minimum atomic E-state index is -1.17. The van der Waals surface area contributed by atoms with Gasteiger partial charge in [0.15, 0.2) is 5.79 Å². The van der Waals surface area contributed by atoms with E-state index < -0.39 is 17.5 Å². The molecule has 3 unspecified atom stereocenters. The third kappa shape index (κ3) is 1.17. The minimum Gasteiger partial charge on any atom is -0.390 e. The zero-order chi connectivity index (χ0) is 13.6. The van der Waals surface area contributed by atoms with Gasteiger partial charge in [-0.1, -0.05) is 20.8 Å². The second-order valence-corrected chi connectivity index (χ2v) is 7.55. The van der Waals surface area contributed by atoms with Gasteiger partial charge >= 0.3 is 0 Å². The normalized spacial score (nSPS) is 67.1. The van der Waals surface area contributed by atoms with Crippen LogP contribution in [-0.4, -0.2) is 40.4 Å². The smallest absolute Gasteiger partial charge is 0.198 e. The first-order chi connectivity index (χ1) is 8.86. The molecule has 0 aromatic heterocycles. The summed E-state index contributed by atoms with van der Waals surface area (Å²) < 4.78 is 11.7.